The molecule has 0 fully saturated rings. The summed E-state index contributed by atoms with van der Waals surface area (Å²) < 4.78 is 63.7. The number of rotatable bonds is 7. The van der Waals surface area contributed by atoms with Gasteiger partial charge in [0, 0.05) is 5.92 Å². The minimum Gasteiger partial charge on any atom is -0.459 e. The van der Waals surface area contributed by atoms with Crippen molar-refractivity contribution in [1.29, 1.82) is 0 Å². The topological polar surface area (TPSA) is 89.5 Å². The largest absolute Gasteiger partial charge is 0.459 e. The Kier molecular flexibility index (Phi) is 8.28. The number of aryl methyl sites for hydroxylation is 1. The fourth-order valence-electron chi connectivity index (χ4n) is 3.54. The van der Waals surface area contributed by atoms with Gasteiger partial charge in [0.1, 0.15) is 22.4 Å². The lowest BCUT2D eigenvalue weighted by atomic mass is 9.88. The standard InChI is InChI=1S/C24H28ClF2NO5S/c1-12-8-10-17(26)19(13(12)2)14(3)22(23(30)33-24(5,6)7)28-34(31,32)18-11-9-16(25)20(15(4)29)21(18)27/h8-11,14,22,28H,1-7H3/t14?,22-/m0/s1. The first kappa shape index (κ1) is 27.9. The molecule has 2 aromatic carbocycles. The van der Waals surface area contributed by atoms with E-state index in [0.29, 0.717) is 5.56 Å². The molecule has 2 aromatic rings. The van der Waals surface area contributed by atoms with E-state index in [2.05, 4.69) is 4.72 Å². The van der Waals surface area contributed by atoms with Gasteiger partial charge < -0.3 is 4.74 Å². The number of Topliss-reactive ketones (excluding diaryl/α,β-unsaturated/α-hetero) is 1. The van der Waals surface area contributed by atoms with Gasteiger partial charge in [-0.25, -0.2) is 17.2 Å². The van der Waals surface area contributed by atoms with Crippen LogP contribution in [0.15, 0.2) is 29.2 Å². The van der Waals surface area contributed by atoms with Gasteiger partial charge in [-0.1, -0.05) is 24.6 Å². The molecular weight excluding hydrogens is 488 g/mol. The van der Waals surface area contributed by atoms with Crippen molar-refractivity contribution < 1.29 is 31.5 Å². The Morgan fingerprint density at radius 1 is 1.09 bits per heavy atom. The monoisotopic (exact) mass is 515 g/mol. The third-order valence-electron chi connectivity index (χ3n) is 5.33. The van der Waals surface area contributed by atoms with E-state index in [1.165, 1.54) is 13.0 Å². The maximum absolute atomic E-state index is 15.0. The predicted octanol–water partition coefficient (Wildman–Crippen LogP) is 5.23. The number of carbonyl (C=O) groups excluding carboxylic acids is 2. The van der Waals surface area contributed by atoms with Crippen LogP contribution in [-0.4, -0.2) is 31.8 Å². The zero-order valence-electron chi connectivity index (χ0n) is 20.0. The molecule has 0 amide bonds. The third kappa shape index (κ3) is 6.00. The Labute approximate surface area is 203 Å². The van der Waals surface area contributed by atoms with E-state index in [1.807, 2.05) is 0 Å². The minimum atomic E-state index is -4.71. The van der Waals surface area contributed by atoms with Crippen molar-refractivity contribution in [2.75, 3.05) is 0 Å². The number of carbonyl (C=O) groups is 2. The first-order chi connectivity index (χ1) is 15.5. The van der Waals surface area contributed by atoms with Gasteiger partial charge in [0.15, 0.2) is 11.6 Å². The molecule has 34 heavy (non-hydrogen) atoms. The van der Waals surface area contributed by atoms with Gasteiger partial charge in [0.05, 0.1) is 10.6 Å². The van der Waals surface area contributed by atoms with E-state index >= 15 is 4.39 Å². The third-order valence-corrected chi connectivity index (χ3v) is 7.10. The van der Waals surface area contributed by atoms with Crippen LogP contribution in [0, 0.1) is 25.5 Å². The molecular formula is C24H28ClF2NO5S. The smallest absolute Gasteiger partial charge is 0.325 e. The fourth-order valence-corrected chi connectivity index (χ4v) is 5.17. The molecule has 2 rings (SSSR count). The van der Waals surface area contributed by atoms with Crippen LogP contribution in [0.1, 0.15) is 67.6 Å². The van der Waals surface area contributed by atoms with E-state index in [9.17, 15) is 22.4 Å². The number of sulfonamides is 1. The fraction of sp³-hybridized carbons (Fsp3) is 0.417. The Bertz CT molecular complexity index is 1240. The number of esters is 1. The van der Waals surface area contributed by atoms with E-state index in [1.54, 1.807) is 40.7 Å². The van der Waals surface area contributed by atoms with Crippen molar-refractivity contribution >= 4 is 33.4 Å². The number of ketones is 1. The van der Waals surface area contributed by atoms with Gasteiger partial charge in [-0.3, -0.25) is 9.59 Å². The average Bonchev–Trinajstić information content (AvgIpc) is 2.67. The van der Waals surface area contributed by atoms with Crippen LogP contribution in [0.3, 0.4) is 0 Å². The van der Waals surface area contributed by atoms with Crippen molar-refractivity contribution in [1.82, 2.24) is 4.72 Å². The molecule has 0 bridgehead atoms. The summed E-state index contributed by atoms with van der Waals surface area (Å²) in [6.07, 6.45) is 0. The molecule has 0 heterocycles. The predicted molar refractivity (Wildman–Crippen MR) is 126 cm³/mol. The molecule has 0 radical (unpaired) electrons. The van der Waals surface area contributed by atoms with Crippen molar-refractivity contribution in [3.8, 4) is 0 Å². The van der Waals surface area contributed by atoms with Crippen LogP contribution in [-0.2, 0) is 19.6 Å². The summed E-state index contributed by atoms with van der Waals surface area (Å²) in [5.41, 5.74) is -0.166. The molecule has 186 valence electrons. The maximum Gasteiger partial charge on any atom is 0.325 e. The Hall–Kier alpha value is -2.36. The normalized spacial score (nSPS) is 13.9. The number of benzene rings is 2. The summed E-state index contributed by atoms with van der Waals surface area (Å²) in [7, 11) is -4.71. The Balaban J connectivity index is 2.64. The molecule has 10 heteroatoms. The highest BCUT2D eigenvalue weighted by Gasteiger charge is 2.37. The van der Waals surface area contributed by atoms with Gasteiger partial charge in [-0.05, 0) is 76.4 Å². The van der Waals surface area contributed by atoms with Gasteiger partial charge >= 0.3 is 5.97 Å². The molecule has 0 spiro atoms. The molecule has 0 aromatic heterocycles. The molecule has 0 aliphatic heterocycles. The summed E-state index contributed by atoms with van der Waals surface area (Å²) in [5, 5.41) is -0.251. The lowest BCUT2D eigenvalue weighted by molar-refractivity contribution is -0.157. The van der Waals surface area contributed by atoms with Crippen molar-refractivity contribution in [3.63, 3.8) is 0 Å². The number of nitrogens with one attached hydrogen (secondary N) is 1. The molecule has 0 aliphatic rings. The number of hydrogen-bond donors (Lipinski definition) is 1. The summed E-state index contributed by atoms with van der Waals surface area (Å²) >= 11 is 5.86. The van der Waals surface area contributed by atoms with Crippen molar-refractivity contribution in [3.05, 3.63) is 63.2 Å². The maximum atomic E-state index is 15.0. The second-order valence-electron chi connectivity index (χ2n) is 9.11. The molecule has 1 N–H and O–H groups in total. The van der Waals surface area contributed by atoms with Gasteiger partial charge in [-0.15, -0.1) is 0 Å². The number of hydrogen-bond acceptors (Lipinski definition) is 5. The summed E-state index contributed by atoms with van der Waals surface area (Å²) in [6.45, 7) is 10.7. The zero-order chi connectivity index (χ0) is 26.2. The highest BCUT2D eigenvalue weighted by Crippen LogP contribution is 2.31. The van der Waals surface area contributed by atoms with Crippen LogP contribution in [0.5, 0.6) is 0 Å². The quantitative estimate of drug-likeness (QED) is 0.403. The second-order valence-corrected chi connectivity index (χ2v) is 11.2. The van der Waals surface area contributed by atoms with E-state index in [4.69, 9.17) is 16.3 Å². The van der Waals surface area contributed by atoms with Crippen LogP contribution < -0.4 is 4.72 Å². The van der Waals surface area contributed by atoms with Gasteiger partial charge in [0.25, 0.3) is 0 Å². The van der Waals surface area contributed by atoms with Crippen LogP contribution in [0.2, 0.25) is 5.02 Å². The molecule has 0 aliphatic carbocycles. The van der Waals surface area contributed by atoms with E-state index in [0.717, 1.165) is 24.6 Å². The lowest BCUT2D eigenvalue weighted by Crippen LogP contribution is -2.47. The van der Waals surface area contributed by atoms with Gasteiger partial charge in [0.2, 0.25) is 10.0 Å². The average molecular weight is 516 g/mol. The molecule has 0 saturated carbocycles. The molecule has 0 saturated heterocycles. The van der Waals surface area contributed by atoms with Crippen LogP contribution in [0.25, 0.3) is 0 Å². The van der Waals surface area contributed by atoms with E-state index < -0.39 is 61.4 Å². The van der Waals surface area contributed by atoms with Gasteiger partial charge in [-0.2, -0.15) is 4.72 Å². The highest BCUT2D eigenvalue weighted by molar-refractivity contribution is 7.89. The zero-order valence-corrected chi connectivity index (χ0v) is 21.6. The SMILES string of the molecule is CC(=O)c1c(Cl)ccc(S(=O)(=O)N[C@H](C(=O)OC(C)(C)C)C(C)c2c(F)ccc(C)c2C)c1F. The van der Waals surface area contributed by atoms with Crippen LogP contribution in [0.4, 0.5) is 8.78 Å². The Morgan fingerprint density at radius 3 is 2.21 bits per heavy atom. The number of halogens is 3. The first-order valence-electron chi connectivity index (χ1n) is 10.5. The summed E-state index contributed by atoms with van der Waals surface area (Å²) in [5.74, 6) is -4.73. The lowest BCUT2D eigenvalue weighted by Gasteiger charge is -2.29. The highest BCUT2D eigenvalue weighted by atomic mass is 35.5. The second kappa shape index (κ2) is 10.1. The first-order valence-corrected chi connectivity index (χ1v) is 12.3. The molecule has 1 unspecified atom stereocenters. The van der Waals surface area contributed by atoms with Crippen molar-refractivity contribution in [2.45, 2.75) is 70.9 Å². The minimum absolute atomic E-state index is 0.125. The summed E-state index contributed by atoms with van der Waals surface area (Å²) in [4.78, 5) is 24.0. The molecule has 6 nitrogen and oxygen atoms in total. The molecule has 2 atom stereocenters. The summed E-state index contributed by atoms with van der Waals surface area (Å²) in [6, 6.07) is 3.16. The van der Waals surface area contributed by atoms with E-state index in [-0.39, 0.29) is 10.6 Å². The van der Waals surface area contributed by atoms with Crippen molar-refractivity contribution in [2.24, 2.45) is 0 Å². The Morgan fingerprint density at radius 2 is 1.68 bits per heavy atom. The van der Waals surface area contributed by atoms with Crippen LogP contribution >= 0.6 is 11.6 Å². The number of ether oxygens (including phenoxy) is 1.